The van der Waals surface area contributed by atoms with Crippen LogP contribution in [0.15, 0.2) is 44.5 Å². The van der Waals surface area contributed by atoms with Crippen LogP contribution in [0.25, 0.3) is 0 Å². The van der Waals surface area contributed by atoms with E-state index in [1.807, 2.05) is 12.1 Å². The van der Waals surface area contributed by atoms with Crippen molar-refractivity contribution in [3.05, 3.63) is 41.7 Å². The van der Waals surface area contributed by atoms with Gasteiger partial charge in [-0.1, -0.05) is 12.5 Å². The standard InChI is InChI=1S/C21H29N3O4S2/c25-21(17-8-12-24(13-9-17)30(26,27)20-7-5-15-29-20)22-16-18(19-6-4-14-28-19)23-10-2-1-3-11-23/h4-7,14-15,17-18H,1-3,8-13,16H2,(H,22,25)/t18-/m1/s1. The number of amides is 1. The highest BCUT2D eigenvalue weighted by Crippen LogP contribution is 2.27. The maximum absolute atomic E-state index is 12.8. The van der Waals surface area contributed by atoms with E-state index in [0.717, 1.165) is 18.8 Å². The van der Waals surface area contributed by atoms with Gasteiger partial charge >= 0.3 is 0 Å². The molecule has 0 aliphatic carbocycles. The Bertz CT molecular complexity index is 898. The van der Waals surface area contributed by atoms with Crippen LogP contribution >= 0.6 is 11.3 Å². The van der Waals surface area contributed by atoms with Gasteiger partial charge in [-0.25, -0.2) is 8.42 Å². The fraction of sp³-hybridized carbons (Fsp3) is 0.571. The summed E-state index contributed by atoms with van der Waals surface area (Å²) in [6.07, 6.45) is 6.36. The third-order valence-corrected chi connectivity index (χ3v) is 9.36. The second-order valence-corrected chi connectivity index (χ2v) is 11.1. The smallest absolute Gasteiger partial charge is 0.252 e. The van der Waals surface area contributed by atoms with Crippen molar-refractivity contribution < 1.29 is 17.6 Å². The molecule has 1 atom stereocenters. The molecule has 2 aliphatic rings. The largest absolute Gasteiger partial charge is 0.468 e. The fourth-order valence-corrected chi connectivity index (χ4v) is 6.97. The zero-order chi connectivity index (χ0) is 21.0. The van der Waals surface area contributed by atoms with E-state index in [1.54, 1.807) is 23.8 Å². The van der Waals surface area contributed by atoms with Gasteiger partial charge in [0, 0.05) is 25.6 Å². The van der Waals surface area contributed by atoms with Gasteiger partial charge in [-0.15, -0.1) is 11.3 Å². The lowest BCUT2D eigenvalue weighted by molar-refractivity contribution is -0.126. The molecule has 2 saturated heterocycles. The zero-order valence-corrected chi connectivity index (χ0v) is 18.7. The molecule has 1 N–H and O–H groups in total. The number of rotatable bonds is 7. The molecule has 2 aromatic heterocycles. The van der Waals surface area contributed by atoms with Crippen LogP contribution in [0.4, 0.5) is 0 Å². The third kappa shape index (κ3) is 4.80. The van der Waals surface area contributed by atoms with Crippen molar-refractivity contribution in [1.29, 1.82) is 0 Å². The number of furan rings is 1. The fourth-order valence-electron chi connectivity index (χ4n) is 4.36. The number of sulfonamides is 1. The number of piperidine rings is 2. The number of nitrogens with zero attached hydrogens (tertiary/aromatic N) is 2. The van der Waals surface area contributed by atoms with E-state index in [2.05, 4.69) is 10.2 Å². The zero-order valence-electron chi connectivity index (χ0n) is 17.0. The Morgan fingerprint density at radius 2 is 1.90 bits per heavy atom. The van der Waals surface area contributed by atoms with Crippen molar-refractivity contribution in [2.75, 3.05) is 32.7 Å². The second kappa shape index (κ2) is 9.64. The molecule has 30 heavy (non-hydrogen) atoms. The van der Waals surface area contributed by atoms with Gasteiger partial charge in [0.2, 0.25) is 5.91 Å². The molecule has 1 amide bonds. The average molecular weight is 452 g/mol. The monoisotopic (exact) mass is 451 g/mol. The van der Waals surface area contributed by atoms with Crippen LogP contribution in [0.1, 0.15) is 43.9 Å². The normalized spacial score (nSPS) is 20.8. The molecule has 2 aliphatic heterocycles. The summed E-state index contributed by atoms with van der Waals surface area (Å²) in [4.78, 5) is 15.2. The van der Waals surface area contributed by atoms with Crippen molar-refractivity contribution in [1.82, 2.24) is 14.5 Å². The number of nitrogens with one attached hydrogen (secondary N) is 1. The minimum absolute atomic E-state index is 0.0109. The Labute approximate surface area is 182 Å². The van der Waals surface area contributed by atoms with Gasteiger partial charge in [0.1, 0.15) is 9.97 Å². The van der Waals surface area contributed by atoms with E-state index in [-0.39, 0.29) is 17.9 Å². The van der Waals surface area contributed by atoms with E-state index in [1.165, 1.54) is 34.9 Å². The molecular formula is C21H29N3O4S2. The Morgan fingerprint density at radius 3 is 2.53 bits per heavy atom. The first kappa shape index (κ1) is 21.5. The summed E-state index contributed by atoms with van der Waals surface area (Å²) in [6.45, 7) is 3.30. The van der Waals surface area contributed by atoms with Crippen LogP contribution in [-0.2, 0) is 14.8 Å². The van der Waals surface area contributed by atoms with E-state index < -0.39 is 10.0 Å². The van der Waals surface area contributed by atoms with Gasteiger partial charge < -0.3 is 9.73 Å². The first-order valence-electron chi connectivity index (χ1n) is 10.6. The van der Waals surface area contributed by atoms with E-state index >= 15 is 0 Å². The lowest BCUT2D eigenvalue weighted by atomic mass is 9.97. The van der Waals surface area contributed by atoms with Crippen molar-refractivity contribution in [2.24, 2.45) is 5.92 Å². The van der Waals surface area contributed by atoms with Crippen molar-refractivity contribution in [3.63, 3.8) is 0 Å². The van der Waals surface area contributed by atoms with Crippen molar-refractivity contribution in [3.8, 4) is 0 Å². The topological polar surface area (TPSA) is 82.9 Å². The number of thiophene rings is 1. The summed E-state index contributed by atoms with van der Waals surface area (Å²) in [5.41, 5.74) is 0. The molecule has 4 rings (SSSR count). The summed E-state index contributed by atoms with van der Waals surface area (Å²) >= 11 is 1.23. The summed E-state index contributed by atoms with van der Waals surface area (Å²) in [5, 5.41) is 4.88. The lowest BCUT2D eigenvalue weighted by Gasteiger charge is -2.34. The van der Waals surface area contributed by atoms with Crippen LogP contribution in [-0.4, -0.2) is 56.3 Å². The SMILES string of the molecule is O=C(NC[C@H](c1ccco1)N1CCCCC1)C1CCN(S(=O)(=O)c2cccs2)CC1. The minimum atomic E-state index is -3.44. The summed E-state index contributed by atoms with van der Waals surface area (Å²) in [7, 11) is -3.44. The van der Waals surface area contributed by atoms with Crippen LogP contribution in [0.5, 0.6) is 0 Å². The van der Waals surface area contributed by atoms with Gasteiger partial charge in [0.05, 0.1) is 12.3 Å². The average Bonchev–Trinajstić information content (AvgIpc) is 3.49. The van der Waals surface area contributed by atoms with Gasteiger partial charge in [-0.05, 0) is 62.4 Å². The highest BCUT2D eigenvalue weighted by atomic mass is 32.2. The van der Waals surface area contributed by atoms with Crippen molar-refractivity contribution >= 4 is 27.3 Å². The molecule has 9 heteroatoms. The Hall–Kier alpha value is -1.68. The van der Waals surface area contributed by atoms with E-state index in [4.69, 9.17) is 4.42 Å². The maximum Gasteiger partial charge on any atom is 0.252 e. The molecule has 2 aromatic rings. The van der Waals surface area contributed by atoms with Crippen LogP contribution < -0.4 is 5.32 Å². The molecule has 0 spiro atoms. The molecule has 0 aromatic carbocycles. The predicted molar refractivity (Wildman–Crippen MR) is 116 cm³/mol. The highest BCUT2D eigenvalue weighted by molar-refractivity contribution is 7.91. The maximum atomic E-state index is 12.8. The van der Waals surface area contributed by atoms with Gasteiger partial charge in [0.25, 0.3) is 10.0 Å². The van der Waals surface area contributed by atoms with Gasteiger partial charge in [-0.3, -0.25) is 9.69 Å². The number of likely N-dealkylation sites (tertiary alicyclic amines) is 1. The number of hydrogen-bond acceptors (Lipinski definition) is 6. The number of hydrogen-bond donors (Lipinski definition) is 1. The molecule has 0 saturated carbocycles. The molecule has 0 radical (unpaired) electrons. The third-order valence-electron chi connectivity index (χ3n) is 6.09. The summed E-state index contributed by atoms with van der Waals surface area (Å²) in [5.74, 6) is 0.740. The second-order valence-electron chi connectivity index (χ2n) is 7.98. The molecule has 7 nitrogen and oxygen atoms in total. The van der Waals surface area contributed by atoms with E-state index in [0.29, 0.717) is 36.7 Å². The number of carbonyl (C=O) groups is 1. The van der Waals surface area contributed by atoms with E-state index in [9.17, 15) is 13.2 Å². The first-order chi connectivity index (χ1) is 14.6. The van der Waals surface area contributed by atoms with Crippen molar-refractivity contribution in [2.45, 2.75) is 42.4 Å². The number of carbonyl (C=O) groups excluding carboxylic acids is 1. The van der Waals surface area contributed by atoms with Gasteiger partial charge in [0.15, 0.2) is 0 Å². The van der Waals surface area contributed by atoms with Crippen LogP contribution in [0.3, 0.4) is 0 Å². The minimum Gasteiger partial charge on any atom is -0.468 e. The molecular weight excluding hydrogens is 422 g/mol. The van der Waals surface area contributed by atoms with Crippen LogP contribution in [0, 0.1) is 5.92 Å². The molecule has 0 bridgehead atoms. The Balaban J connectivity index is 1.32. The highest BCUT2D eigenvalue weighted by Gasteiger charge is 2.33. The first-order valence-corrected chi connectivity index (χ1v) is 13.0. The summed E-state index contributed by atoms with van der Waals surface area (Å²) < 4.78 is 32.9. The molecule has 164 valence electrons. The van der Waals surface area contributed by atoms with Crippen LogP contribution in [0.2, 0.25) is 0 Å². The Kier molecular flexibility index (Phi) is 6.92. The lowest BCUT2D eigenvalue weighted by Crippen LogP contribution is -2.45. The quantitative estimate of drug-likeness (QED) is 0.700. The van der Waals surface area contributed by atoms with Gasteiger partial charge in [-0.2, -0.15) is 4.31 Å². The Morgan fingerprint density at radius 1 is 1.13 bits per heavy atom. The molecule has 4 heterocycles. The molecule has 0 unspecified atom stereocenters. The summed E-state index contributed by atoms with van der Waals surface area (Å²) in [6, 6.07) is 7.28. The predicted octanol–water partition coefficient (Wildman–Crippen LogP) is 3.09. The molecule has 2 fully saturated rings.